The molecule has 0 unspecified atom stereocenters. The molecule has 1 fully saturated rings. The molecule has 0 bridgehead atoms. The standard InChI is InChI=1S/C29H29N3O2/c33-28-26(25-14-8-3-9-15-25)27(29(34)32(28)17-16-23-10-4-1-5-11-23)31-20-18-30(19-21-31)22-24-12-6-2-7-13-24/h1-15H,16-22H2. The second kappa shape index (κ2) is 10.1. The fourth-order valence-electron chi connectivity index (χ4n) is 4.78. The van der Waals surface area contributed by atoms with E-state index in [-0.39, 0.29) is 11.8 Å². The van der Waals surface area contributed by atoms with Crippen molar-refractivity contribution < 1.29 is 9.59 Å². The summed E-state index contributed by atoms with van der Waals surface area (Å²) in [6, 6.07) is 30.1. The van der Waals surface area contributed by atoms with E-state index >= 15 is 0 Å². The first-order valence-electron chi connectivity index (χ1n) is 11.9. The summed E-state index contributed by atoms with van der Waals surface area (Å²) in [5.41, 5.74) is 4.32. The van der Waals surface area contributed by atoms with E-state index in [1.807, 2.05) is 66.7 Å². The van der Waals surface area contributed by atoms with Crippen LogP contribution in [-0.2, 0) is 22.6 Å². The van der Waals surface area contributed by atoms with Crippen molar-refractivity contribution in [3.8, 4) is 0 Å². The van der Waals surface area contributed by atoms with E-state index in [0.717, 1.165) is 43.9 Å². The van der Waals surface area contributed by atoms with Crippen LogP contribution in [0.5, 0.6) is 0 Å². The molecule has 1 saturated heterocycles. The average Bonchev–Trinajstić information content (AvgIpc) is 3.14. The Labute approximate surface area is 200 Å². The van der Waals surface area contributed by atoms with Crippen LogP contribution in [0.15, 0.2) is 96.7 Å². The van der Waals surface area contributed by atoms with Gasteiger partial charge in [-0.15, -0.1) is 0 Å². The highest BCUT2D eigenvalue weighted by Crippen LogP contribution is 2.32. The molecule has 2 aliphatic rings. The van der Waals surface area contributed by atoms with Gasteiger partial charge in [0.05, 0.1) is 5.57 Å². The molecular formula is C29H29N3O2. The Hall–Kier alpha value is -3.70. The molecule has 34 heavy (non-hydrogen) atoms. The molecule has 0 spiro atoms. The third kappa shape index (κ3) is 4.66. The van der Waals surface area contributed by atoms with Gasteiger partial charge >= 0.3 is 0 Å². The topological polar surface area (TPSA) is 43.9 Å². The fraction of sp³-hybridized carbons (Fsp3) is 0.241. The maximum Gasteiger partial charge on any atom is 0.277 e. The first kappa shape index (κ1) is 22.1. The predicted molar refractivity (Wildman–Crippen MR) is 134 cm³/mol. The molecule has 2 heterocycles. The van der Waals surface area contributed by atoms with Gasteiger partial charge in [-0.05, 0) is 23.1 Å². The minimum atomic E-state index is -0.186. The highest BCUT2D eigenvalue weighted by atomic mass is 16.2. The lowest BCUT2D eigenvalue weighted by Crippen LogP contribution is -2.47. The van der Waals surface area contributed by atoms with Gasteiger partial charge in [0, 0.05) is 39.3 Å². The second-order valence-electron chi connectivity index (χ2n) is 8.84. The van der Waals surface area contributed by atoms with Crippen LogP contribution in [0.1, 0.15) is 16.7 Å². The van der Waals surface area contributed by atoms with Gasteiger partial charge in [-0.25, -0.2) is 0 Å². The smallest absolute Gasteiger partial charge is 0.277 e. The summed E-state index contributed by atoms with van der Waals surface area (Å²) in [6.07, 6.45) is 0.651. The molecule has 5 nitrogen and oxygen atoms in total. The third-order valence-corrected chi connectivity index (χ3v) is 6.61. The van der Waals surface area contributed by atoms with E-state index in [1.165, 1.54) is 10.5 Å². The van der Waals surface area contributed by atoms with Gasteiger partial charge < -0.3 is 4.90 Å². The predicted octanol–water partition coefficient (Wildman–Crippen LogP) is 3.83. The Morgan fingerprint density at radius 3 is 1.79 bits per heavy atom. The molecule has 0 N–H and O–H groups in total. The van der Waals surface area contributed by atoms with Crippen molar-refractivity contribution in [2.75, 3.05) is 32.7 Å². The second-order valence-corrected chi connectivity index (χ2v) is 8.84. The number of rotatable bonds is 7. The van der Waals surface area contributed by atoms with Crippen LogP contribution >= 0.6 is 0 Å². The molecule has 3 aromatic rings. The number of hydrogen-bond acceptors (Lipinski definition) is 4. The lowest BCUT2D eigenvalue weighted by atomic mass is 10.0. The van der Waals surface area contributed by atoms with Crippen molar-refractivity contribution in [1.29, 1.82) is 0 Å². The lowest BCUT2D eigenvalue weighted by molar-refractivity contribution is -0.137. The van der Waals surface area contributed by atoms with Gasteiger partial charge in [0.25, 0.3) is 11.8 Å². The maximum atomic E-state index is 13.6. The Bertz CT molecular complexity index is 1170. The molecule has 2 aliphatic heterocycles. The van der Waals surface area contributed by atoms with E-state index in [1.54, 1.807) is 0 Å². The van der Waals surface area contributed by atoms with E-state index < -0.39 is 0 Å². The van der Waals surface area contributed by atoms with Crippen LogP contribution in [0.3, 0.4) is 0 Å². The molecule has 0 atom stereocenters. The van der Waals surface area contributed by atoms with E-state index in [4.69, 9.17) is 0 Å². The number of piperazine rings is 1. The quantitative estimate of drug-likeness (QED) is 0.512. The summed E-state index contributed by atoms with van der Waals surface area (Å²) in [6.45, 7) is 4.44. The number of nitrogens with zero attached hydrogens (tertiary/aromatic N) is 3. The first-order chi connectivity index (χ1) is 16.7. The van der Waals surface area contributed by atoms with Crippen LogP contribution in [0.4, 0.5) is 0 Å². The number of carbonyl (C=O) groups excluding carboxylic acids is 2. The molecule has 3 aromatic carbocycles. The molecule has 2 amide bonds. The van der Waals surface area contributed by atoms with E-state index in [9.17, 15) is 9.59 Å². The molecule has 5 rings (SSSR count). The summed E-state index contributed by atoms with van der Waals surface area (Å²) in [5, 5.41) is 0. The zero-order valence-electron chi connectivity index (χ0n) is 19.3. The fourth-order valence-corrected chi connectivity index (χ4v) is 4.78. The summed E-state index contributed by atoms with van der Waals surface area (Å²) < 4.78 is 0. The summed E-state index contributed by atoms with van der Waals surface area (Å²) in [7, 11) is 0. The highest BCUT2D eigenvalue weighted by Gasteiger charge is 2.41. The number of imide groups is 1. The maximum absolute atomic E-state index is 13.6. The average molecular weight is 452 g/mol. The van der Waals surface area contributed by atoms with Crippen LogP contribution < -0.4 is 0 Å². The summed E-state index contributed by atoms with van der Waals surface area (Å²) >= 11 is 0. The van der Waals surface area contributed by atoms with Crippen molar-refractivity contribution in [1.82, 2.24) is 14.7 Å². The van der Waals surface area contributed by atoms with E-state index in [0.29, 0.717) is 24.2 Å². The summed E-state index contributed by atoms with van der Waals surface area (Å²) in [5.74, 6) is -0.356. The molecule has 5 heteroatoms. The third-order valence-electron chi connectivity index (χ3n) is 6.61. The Kier molecular flexibility index (Phi) is 6.54. The van der Waals surface area contributed by atoms with Gasteiger partial charge in [0.15, 0.2) is 0 Å². The first-order valence-corrected chi connectivity index (χ1v) is 11.9. The Morgan fingerprint density at radius 1 is 0.618 bits per heavy atom. The SMILES string of the molecule is O=C1C(c2ccccc2)=C(N2CCN(Cc3ccccc3)CC2)C(=O)N1CCc1ccccc1. The van der Waals surface area contributed by atoms with Gasteiger partial charge in [0.2, 0.25) is 0 Å². The van der Waals surface area contributed by atoms with Gasteiger partial charge in [-0.2, -0.15) is 0 Å². The van der Waals surface area contributed by atoms with Gasteiger partial charge in [-0.3, -0.25) is 19.4 Å². The Balaban J connectivity index is 1.35. The molecule has 0 saturated carbocycles. The van der Waals surface area contributed by atoms with Crippen molar-refractivity contribution in [2.24, 2.45) is 0 Å². The minimum absolute atomic E-state index is 0.170. The normalized spacial score (nSPS) is 17.1. The summed E-state index contributed by atoms with van der Waals surface area (Å²) in [4.78, 5) is 33.0. The van der Waals surface area contributed by atoms with Crippen molar-refractivity contribution >= 4 is 17.4 Å². The van der Waals surface area contributed by atoms with Gasteiger partial charge in [0.1, 0.15) is 5.70 Å². The largest absolute Gasteiger partial charge is 0.364 e. The van der Waals surface area contributed by atoms with Crippen LogP contribution in [-0.4, -0.2) is 59.2 Å². The van der Waals surface area contributed by atoms with Crippen LogP contribution in [0, 0.1) is 0 Å². The lowest BCUT2D eigenvalue weighted by Gasteiger charge is -2.36. The zero-order valence-corrected chi connectivity index (χ0v) is 19.3. The number of carbonyl (C=O) groups is 2. The molecule has 0 aliphatic carbocycles. The highest BCUT2D eigenvalue weighted by molar-refractivity contribution is 6.35. The number of benzene rings is 3. The molecule has 172 valence electrons. The molecular weight excluding hydrogens is 422 g/mol. The number of hydrogen-bond donors (Lipinski definition) is 0. The number of amides is 2. The zero-order chi connectivity index (χ0) is 23.3. The minimum Gasteiger partial charge on any atom is -0.364 e. The molecule has 0 aromatic heterocycles. The van der Waals surface area contributed by atoms with Crippen molar-refractivity contribution in [2.45, 2.75) is 13.0 Å². The van der Waals surface area contributed by atoms with Crippen molar-refractivity contribution in [3.63, 3.8) is 0 Å². The van der Waals surface area contributed by atoms with Gasteiger partial charge in [-0.1, -0.05) is 91.0 Å². The van der Waals surface area contributed by atoms with E-state index in [2.05, 4.69) is 34.1 Å². The van der Waals surface area contributed by atoms with Crippen molar-refractivity contribution in [3.05, 3.63) is 113 Å². The van der Waals surface area contributed by atoms with Crippen LogP contribution in [0.25, 0.3) is 5.57 Å². The molecule has 0 radical (unpaired) electrons. The monoisotopic (exact) mass is 451 g/mol. The van der Waals surface area contributed by atoms with Crippen LogP contribution in [0.2, 0.25) is 0 Å². The Morgan fingerprint density at radius 2 is 1.18 bits per heavy atom.